The highest BCUT2D eigenvalue weighted by Gasteiger charge is 2.36. The van der Waals surface area contributed by atoms with Crippen molar-refractivity contribution >= 4 is 41.1 Å². The van der Waals surface area contributed by atoms with E-state index in [-0.39, 0.29) is 29.2 Å². The van der Waals surface area contributed by atoms with E-state index in [2.05, 4.69) is 10.6 Å². The number of halogens is 1. The zero-order valence-corrected chi connectivity index (χ0v) is 19.4. The van der Waals surface area contributed by atoms with E-state index in [4.69, 9.17) is 21.4 Å². The number of aliphatic carboxylic acids is 1. The summed E-state index contributed by atoms with van der Waals surface area (Å²) in [6.45, 7) is 0.591. The Morgan fingerprint density at radius 2 is 1.76 bits per heavy atom. The molecule has 2 aromatic carbocycles. The second-order valence-electron chi connectivity index (χ2n) is 8.14. The molecule has 1 fully saturated rings. The SMILES string of the molecule is O=C(NCCNC(=O)C1Sc2ccccc2C1Cl)c1ccc(O[C@@H]2CC[C@H](C(=O)O)C2)cc1. The molecule has 0 saturated heterocycles. The van der Waals surface area contributed by atoms with Gasteiger partial charge in [-0.1, -0.05) is 18.2 Å². The highest BCUT2D eigenvalue weighted by Crippen LogP contribution is 2.47. The summed E-state index contributed by atoms with van der Waals surface area (Å²) in [6.07, 6.45) is 1.71. The summed E-state index contributed by atoms with van der Waals surface area (Å²) in [5.74, 6) is -0.915. The predicted molar refractivity (Wildman–Crippen MR) is 126 cm³/mol. The van der Waals surface area contributed by atoms with E-state index in [1.54, 1.807) is 24.3 Å². The summed E-state index contributed by atoms with van der Waals surface area (Å²) in [5.41, 5.74) is 1.45. The lowest BCUT2D eigenvalue weighted by Gasteiger charge is -2.14. The van der Waals surface area contributed by atoms with Gasteiger partial charge in [0.05, 0.1) is 17.4 Å². The monoisotopic (exact) mass is 488 g/mol. The first-order valence-corrected chi connectivity index (χ1v) is 12.2. The summed E-state index contributed by atoms with van der Waals surface area (Å²) < 4.78 is 5.84. The minimum atomic E-state index is -0.779. The lowest BCUT2D eigenvalue weighted by Crippen LogP contribution is -2.39. The summed E-state index contributed by atoms with van der Waals surface area (Å²) in [4.78, 5) is 36.9. The number of hydrogen-bond donors (Lipinski definition) is 3. The molecule has 1 saturated carbocycles. The van der Waals surface area contributed by atoms with Crippen molar-refractivity contribution in [3.05, 3.63) is 59.7 Å². The molecule has 2 amide bonds. The third-order valence-electron chi connectivity index (χ3n) is 5.86. The number of ether oxygens (including phenoxy) is 1. The minimum absolute atomic E-state index is 0.118. The van der Waals surface area contributed by atoms with E-state index in [9.17, 15) is 14.4 Å². The Balaban J connectivity index is 1.18. The second-order valence-corrected chi connectivity index (χ2v) is 9.79. The number of nitrogens with one attached hydrogen (secondary N) is 2. The Hall–Kier alpha value is -2.71. The van der Waals surface area contributed by atoms with Crippen LogP contribution in [0, 0.1) is 5.92 Å². The molecule has 3 N–H and O–H groups in total. The number of carbonyl (C=O) groups is 3. The van der Waals surface area contributed by atoms with Crippen LogP contribution in [-0.4, -0.2) is 47.3 Å². The molecular formula is C24H25ClN2O5S. The van der Waals surface area contributed by atoms with Crippen LogP contribution in [-0.2, 0) is 9.59 Å². The maximum atomic E-state index is 12.5. The maximum Gasteiger partial charge on any atom is 0.306 e. The number of carbonyl (C=O) groups excluding carboxylic acids is 2. The quantitative estimate of drug-likeness (QED) is 0.387. The molecule has 0 spiro atoms. The van der Waals surface area contributed by atoms with Crippen LogP contribution in [0.15, 0.2) is 53.4 Å². The van der Waals surface area contributed by atoms with Crippen LogP contribution in [0.5, 0.6) is 5.75 Å². The molecule has 33 heavy (non-hydrogen) atoms. The number of rotatable bonds is 8. The largest absolute Gasteiger partial charge is 0.490 e. The van der Waals surface area contributed by atoms with Gasteiger partial charge in [0.1, 0.15) is 11.0 Å². The Morgan fingerprint density at radius 1 is 1.03 bits per heavy atom. The standard InChI is InChI=1S/C24H25ClN2O5S/c25-20-18-3-1-2-4-19(18)33-21(20)23(29)27-12-11-26-22(28)14-5-8-16(9-6-14)32-17-10-7-15(13-17)24(30)31/h1-6,8-9,15,17,20-21H,7,10-13H2,(H,26,28)(H,27,29)(H,30,31)/t15-,17+,20?,21?/m0/s1. The van der Waals surface area contributed by atoms with Gasteiger partial charge >= 0.3 is 5.97 Å². The van der Waals surface area contributed by atoms with Gasteiger partial charge in [-0.15, -0.1) is 23.4 Å². The third kappa shape index (κ3) is 5.62. The number of alkyl halides is 1. The van der Waals surface area contributed by atoms with Gasteiger partial charge in [-0.25, -0.2) is 0 Å². The zero-order chi connectivity index (χ0) is 23.4. The smallest absolute Gasteiger partial charge is 0.306 e. The van der Waals surface area contributed by atoms with Gasteiger partial charge in [-0.3, -0.25) is 14.4 Å². The normalized spacial score (nSPS) is 23.5. The lowest BCUT2D eigenvalue weighted by molar-refractivity contribution is -0.141. The van der Waals surface area contributed by atoms with Crippen molar-refractivity contribution in [2.45, 2.75) is 40.9 Å². The van der Waals surface area contributed by atoms with Crippen LogP contribution in [0.4, 0.5) is 0 Å². The fourth-order valence-corrected chi connectivity index (χ4v) is 5.82. The molecule has 7 nitrogen and oxygen atoms in total. The molecular weight excluding hydrogens is 464 g/mol. The molecule has 1 aliphatic heterocycles. The first-order valence-electron chi connectivity index (χ1n) is 10.9. The van der Waals surface area contributed by atoms with Gasteiger partial charge in [0.15, 0.2) is 0 Å². The highest BCUT2D eigenvalue weighted by molar-refractivity contribution is 8.01. The van der Waals surface area contributed by atoms with E-state index in [1.807, 2.05) is 24.3 Å². The Kier molecular flexibility index (Phi) is 7.45. The van der Waals surface area contributed by atoms with E-state index in [0.29, 0.717) is 43.7 Å². The topological polar surface area (TPSA) is 105 Å². The number of hydrogen-bond acceptors (Lipinski definition) is 5. The Labute approximate surface area is 201 Å². The van der Waals surface area contributed by atoms with E-state index in [1.165, 1.54) is 11.8 Å². The van der Waals surface area contributed by atoms with Crippen molar-refractivity contribution in [2.24, 2.45) is 5.92 Å². The van der Waals surface area contributed by atoms with Crippen LogP contribution in [0.1, 0.15) is 40.6 Å². The van der Waals surface area contributed by atoms with Crippen molar-refractivity contribution in [1.29, 1.82) is 0 Å². The van der Waals surface area contributed by atoms with Crippen LogP contribution >= 0.6 is 23.4 Å². The predicted octanol–water partition coefficient (Wildman–Crippen LogP) is 3.62. The highest BCUT2D eigenvalue weighted by atomic mass is 35.5. The van der Waals surface area contributed by atoms with Crippen molar-refractivity contribution in [3.63, 3.8) is 0 Å². The molecule has 174 valence electrons. The van der Waals surface area contributed by atoms with Crippen LogP contribution < -0.4 is 15.4 Å². The van der Waals surface area contributed by atoms with E-state index in [0.717, 1.165) is 10.5 Å². The molecule has 2 aromatic rings. The Bertz CT molecular complexity index is 1030. The van der Waals surface area contributed by atoms with E-state index < -0.39 is 11.2 Å². The van der Waals surface area contributed by atoms with Crippen LogP contribution in [0.2, 0.25) is 0 Å². The molecule has 0 bridgehead atoms. The van der Waals surface area contributed by atoms with Gasteiger partial charge in [0.2, 0.25) is 5.91 Å². The molecule has 1 heterocycles. The average Bonchev–Trinajstić information content (AvgIpc) is 3.42. The number of amides is 2. The molecule has 9 heteroatoms. The third-order valence-corrected chi connectivity index (χ3v) is 7.86. The summed E-state index contributed by atoms with van der Waals surface area (Å²) in [5, 5.41) is 13.9. The summed E-state index contributed by atoms with van der Waals surface area (Å²) in [7, 11) is 0. The van der Waals surface area contributed by atoms with Crippen LogP contribution in [0.25, 0.3) is 0 Å². The number of benzene rings is 2. The zero-order valence-electron chi connectivity index (χ0n) is 17.8. The fourth-order valence-electron chi connectivity index (χ4n) is 4.07. The van der Waals surface area contributed by atoms with Gasteiger partial charge < -0.3 is 20.5 Å². The summed E-state index contributed by atoms with van der Waals surface area (Å²) in [6, 6.07) is 14.5. The molecule has 0 radical (unpaired) electrons. The minimum Gasteiger partial charge on any atom is -0.490 e. The number of fused-ring (bicyclic) bond motifs is 1. The van der Waals surface area contributed by atoms with Crippen LogP contribution in [0.3, 0.4) is 0 Å². The maximum absolute atomic E-state index is 12.5. The number of carboxylic acid groups (broad SMARTS) is 1. The molecule has 4 rings (SSSR count). The van der Waals surface area contributed by atoms with Gasteiger partial charge in [-0.05, 0) is 55.2 Å². The summed E-state index contributed by atoms with van der Waals surface area (Å²) >= 11 is 7.90. The second kappa shape index (κ2) is 10.5. The van der Waals surface area contributed by atoms with Gasteiger partial charge in [0.25, 0.3) is 5.91 Å². The van der Waals surface area contributed by atoms with Gasteiger partial charge in [-0.2, -0.15) is 0 Å². The number of thioether (sulfide) groups is 1. The molecule has 1 aliphatic carbocycles. The molecule has 0 aromatic heterocycles. The van der Waals surface area contributed by atoms with E-state index >= 15 is 0 Å². The first kappa shape index (κ1) is 23.4. The van der Waals surface area contributed by atoms with Crippen molar-refractivity contribution in [2.75, 3.05) is 13.1 Å². The Morgan fingerprint density at radius 3 is 2.45 bits per heavy atom. The fraction of sp³-hybridized carbons (Fsp3) is 0.375. The van der Waals surface area contributed by atoms with Crippen molar-refractivity contribution in [1.82, 2.24) is 10.6 Å². The van der Waals surface area contributed by atoms with Crippen molar-refractivity contribution in [3.8, 4) is 5.75 Å². The average molecular weight is 489 g/mol. The molecule has 2 unspecified atom stereocenters. The van der Waals surface area contributed by atoms with Crippen molar-refractivity contribution < 1.29 is 24.2 Å². The number of carboxylic acids is 1. The van der Waals surface area contributed by atoms with Gasteiger partial charge in [0, 0.05) is 23.5 Å². The molecule has 4 atom stereocenters. The molecule has 2 aliphatic rings. The first-order chi connectivity index (χ1) is 15.9. The lowest BCUT2D eigenvalue weighted by atomic mass is 10.1.